The standard InChI is InChI=1S/C8H9NO5S2/c10-7-4-2-1-3-6(7)9-8(11)5-15-16(12,13)14/h1-4,10H,5H2,(H,9,11)(H,12,13,14). The van der Waals surface area contributed by atoms with E-state index in [1.807, 2.05) is 0 Å². The third-order valence-electron chi connectivity index (χ3n) is 1.52. The van der Waals surface area contributed by atoms with Gasteiger partial charge in [-0.15, -0.1) is 0 Å². The van der Waals surface area contributed by atoms with Crippen LogP contribution in [0.1, 0.15) is 0 Å². The van der Waals surface area contributed by atoms with E-state index in [1.165, 1.54) is 12.1 Å². The van der Waals surface area contributed by atoms with Crippen molar-refractivity contribution in [3.63, 3.8) is 0 Å². The highest BCUT2D eigenvalue weighted by molar-refractivity contribution is 8.70. The molecule has 16 heavy (non-hydrogen) atoms. The van der Waals surface area contributed by atoms with Crippen LogP contribution in [0.5, 0.6) is 5.75 Å². The van der Waals surface area contributed by atoms with E-state index in [0.29, 0.717) is 0 Å². The average molecular weight is 263 g/mol. The zero-order chi connectivity index (χ0) is 12.2. The van der Waals surface area contributed by atoms with Gasteiger partial charge in [-0.1, -0.05) is 12.1 Å². The molecule has 0 aliphatic carbocycles. The number of anilines is 1. The smallest absolute Gasteiger partial charge is 0.320 e. The summed E-state index contributed by atoms with van der Waals surface area (Å²) in [5.74, 6) is -1.20. The number of benzene rings is 1. The molecule has 0 aliphatic heterocycles. The molecule has 0 unspecified atom stereocenters. The summed E-state index contributed by atoms with van der Waals surface area (Å²) in [6.45, 7) is 0. The number of nitrogens with one attached hydrogen (secondary N) is 1. The summed E-state index contributed by atoms with van der Waals surface area (Å²) in [5, 5.41) is 11.6. The third kappa shape index (κ3) is 4.51. The van der Waals surface area contributed by atoms with E-state index in [2.05, 4.69) is 5.32 Å². The Kier molecular flexibility index (Phi) is 4.16. The largest absolute Gasteiger partial charge is 0.506 e. The van der Waals surface area contributed by atoms with E-state index in [9.17, 15) is 18.3 Å². The fraction of sp³-hybridized carbons (Fsp3) is 0.125. The maximum absolute atomic E-state index is 11.2. The highest BCUT2D eigenvalue weighted by atomic mass is 33.1. The number of carbonyl (C=O) groups excluding carboxylic acids is 1. The Morgan fingerprint density at radius 1 is 1.38 bits per heavy atom. The van der Waals surface area contributed by atoms with Gasteiger partial charge in [-0.25, -0.2) is 0 Å². The molecule has 1 aromatic rings. The van der Waals surface area contributed by atoms with Gasteiger partial charge in [-0.2, -0.15) is 8.42 Å². The number of para-hydroxylation sites is 2. The molecule has 3 N–H and O–H groups in total. The number of rotatable bonds is 4. The molecule has 0 bridgehead atoms. The van der Waals surface area contributed by atoms with E-state index in [-0.39, 0.29) is 22.2 Å². The summed E-state index contributed by atoms with van der Waals surface area (Å²) in [7, 11) is -4.13. The monoisotopic (exact) mass is 263 g/mol. The van der Waals surface area contributed by atoms with Gasteiger partial charge in [-0.3, -0.25) is 9.35 Å². The minimum Gasteiger partial charge on any atom is -0.506 e. The lowest BCUT2D eigenvalue weighted by Crippen LogP contribution is -2.15. The van der Waals surface area contributed by atoms with Crippen LogP contribution in [-0.4, -0.2) is 29.7 Å². The Bertz CT molecular complexity index is 485. The van der Waals surface area contributed by atoms with Crippen LogP contribution in [-0.2, 0) is 13.9 Å². The molecule has 0 aromatic heterocycles. The second-order valence-corrected chi connectivity index (χ2v) is 6.11. The van der Waals surface area contributed by atoms with Crippen molar-refractivity contribution in [3.8, 4) is 5.75 Å². The first kappa shape index (κ1) is 12.8. The van der Waals surface area contributed by atoms with Gasteiger partial charge in [0.1, 0.15) is 5.75 Å². The minimum atomic E-state index is -4.23. The minimum absolute atomic E-state index is 0.101. The summed E-state index contributed by atoms with van der Waals surface area (Å²) >= 11 is 0. The molecule has 8 heteroatoms. The quantitative estimate of drug-likeness (QED) is 0.423. The molecular formula is C8H9NO5S2. The zero-order valence-electron chi connectivity index (χ0n) is 7.95. The lowest BCUT2D eigenvalue weighted by atomic mass is 10.3. The molecule has 0 radical (unpaired) electrons. The molecule has 0 saturated heterocycles. The van der Waals surface area contributed by atoms with Gasteiger partial charge in [-0.05, 0) is 12.1 Å². The summed E-state index contributed by atoms with van der Waals surface area (Å²) in [6.07, 6.45) is 0. The first-order chi connectivity index (χ1) is 7.38. The van der Waals surface area contributed by atoms with Gasteiger partial charge in [0.25, 0.3) is 0 Å². The van der Waals surface area contributed by atoms with Gasteiger partial charge in [0, 0.05) is 10.8 Å². The van der Waals surface area contributed by atoms with Crippen molar-refractivity contribution in [2.75, 3.05) is 11.1 Å². The van der Waals surface area contributed by atoms with Crippen molar-refractivity contribution in [2.45, 2.75) is 0 Å². The maximum atomic E-state index is 11.2. The highest BCUT2D eigenvalue weighted by Crippen LogP contribution is 2.21. The first-order valence-corrected chi connectivity index (χ1v) is 7.02. The molecule has 6 nitrogen and oxygen atoms in total. The molecule has 0 aliphatic rings. The number of hydrogen-bond acceptors (Lipinski definition) is 5. The molecule has 1 rings (SSSR count). The molecule has 1 amide bonds. The zero-order valence-corrected chi connectivity index (χ0v) is 9.59. The van der Waals surface area contributed by atoms with E-state index < -0.39 is 20.8 Å². The first-order valence-electron chi connectivity index (χ1n) is 4.08. The van der Waals surface area contributed by atoms with Crippen LogP contribution in [0.2, 0.25) is 0 Å². The number of amides is 1. The normalized spacial score (nSPS) is 11.1. The van der Waals surface area contributed by atoms with Crippen LogP contribution in [0, 0.1) is 0 Å². The molecule has 0 saturated carbocycles. The van der Waals surface area contributed by atoms with Crippen LogP contribution in [0.15, 0.2) is 24.3 Å². The van der Waals surface area contributed by atoms with Crippen molar-refractivity contribution < 1.29 is 22.9 Å². The van der Waals surface area contributed by atoms with E-state index >= 15 is 0 Å². The molecule has 0 atom stereocenters. The summed E-state index contributed by atoms with van der Waals surface area (Å²) in [5.41, 5.74) is 0.184. The van der Waals surface area contributed by atoms with Crippen LogP contribution < -0.4 is 5.32 Å². The molecule has 88 valence electrons. The van der Waals surface area contributed by atoms with Crippen molar-refractivity contribution in [2.24, 2.45) is 0 Å². The predicted octanol–water partition coefficient (Wildman–Crippen LogP) is 0.867. The molecule has 0 spiro atoms. The fourth-order valence-electron chi connectivity index (χ4n) is 0.894. The van der Waals surface area contributed by atoms with Gasteiger partial charge in [0.05, 0.1) is 11.4 Å². The lowest BCUT2D eigenvalue weighted by molar-refractivity contribution is -0.113. The Balaban J connectivity index is 2.56. The van der Waals surface area contributed by atoms with Crippen molar-refractivity contribution in [3.05, 3.63) is 24.3 Å². The van der Waals surface area contributed by atoms with Crippen molar-refractivity contribution in [1.29, 1.82) is 0 Å². The van der Waals surface area contributed by atoms with E-state index in [0.717, 1.165) is 0 Å². The lowest BCUT2D eigenvalue weighted by Gasteiger charge is -2.05. The highest BCUT2D eigenvalue weighted by Gasteiger charge is 2.11. The Morgan fingerprint density at radius 3 is 2.56 bits per heavy atom. The topological polar surface area (TPSA) is 104 Å². The molecular weight excluding hydrogens is 254 g/mol. The summed E-state index contributed by atoms with van der Waals surface area (Å²) in [6, 6.07) is 6.03. The summed E-state index contributed by atoms with van der Waals surface area (Å²) in [4.78, 5) is 11.2. The molecule has 0 fully saturated rings. The molecule has 1 aromatic carbocycles. The van der Waals surface area contributed by atoms with Crippen LogP contribution in [0.3, 0.4) is 0 Å². The van der Waals surface area contributed by atoms with Gasteiger partial charge in [0.2, 0.25) is 5.91 Å². The second kappa shape index (κ2) is 5.19. The van der Waals surface area contributed by atoms with Gasteiger partial charge < -0.3 is 10.4 Å². The Morgan fingerprint density at radius 2 is 2.00 bits per heavy atom. The third-order valence-corrected chi connectivity index (χ3v) is 3.44. The second-order valence-electron chi connectivity index (χ2n) is 2.76. The molecule has 0 heterocycles. The SMILES string of the molecule is O=C(CSS(=O)(=O)O)Nc1ccccc1O. The van der Waals surface area contributed by atoms with E-state index in [1.54, 1.807) is 12.1 Å². The van der Waals surface area contributed by atoms with E-state index in [4.69, 9.17) is 4.55 Å². The Hall–Kier alpha value is -1.25. The van der Waals surface area contributed by atoms with Crippen molar-refractivity contribution in [1.82, 2.24) is 0 Å². The number of aromatic hydroxyl groups is 1. The summed E-state index contributed by atoms with van der Waals surface area (Å²) < 4.78 is 29.1. The number of hydrogen-bond donors (Lipinski definition) is 3. The number of carbonyl (C=O) groups is 1. The van der Waals surface area contributed by atoms with Crippen molar-refractivity contribution >= 4 is 31.5 Å². The van der Waals surface area contributed by atoms with Crippen LogP contribution in [0.4, 0.5) is 5.69 Å². The van der Waals surface area contributed by atoms with Gasteiger partial charge in [0.15, 0.2) is 0 Å². The average Bonchev–Trinajstić information content (AvgIpc) is 2.18. The Labute approximate surface area is 95.8 Å². The maximum Gasteiger partial charge on any atom is 0.320 e. The predicted molar refractivity (Wildman–Crippen MR) is 60.7 cm³/mol. The van der Waals surface area contributed by atoms with Crippen LogP contribution >= 0.6 is 10.8 Å². The number of phenolic OH excluding ortho intramolecular Hbond substituents is 1. The fourth-order valence-corrected chi connectivity index (χ4v) is 1.99. The van der Waals surface area contributed by atoms with Crippen LogP contribution in [0.25, 0.3) is 0 Å². The van der Waals surface area contributed by atoms with Gasteiger partial charge >= 0.3 is 9.15 Å². The number of phenols is 1.